The molecule has 0 aromatic heterocycles. The van der Waals surface area contributed by atoms with Gasteiger partial charge in [0.1, 0.15) is 0 Å². The first-order valence-corrected chi connectivity index (χ1v) is 13.9. The summed E-state index contributed by atoms with van der Waals surface area (Å²) in [6.07, 6.45) is 22.2. The second-order valence-electron chi connectivity index (χ2n) is 12.4. The first kappa shape index (κ1) is 23.1. The summed E-state index contributed by atoms with van der Waals surface area (Å²) in [7, 11) is 0. The van der Waals surface area contributed by atoms with E-state index in [1.165, 1.54) is 89.9 Å². The summed E-state index contributed by atoms with van der Waals surface area (Å²) in [6, 6.07) is 2.63. The second-order valence-corrected chi connectivity index (χ2v) is 12.4. The van der Waals surface area contributed by atoms with Gasteiger partial charge < -0.3 is 5.11 Å². The van der Waals surface area contributed by atoms with Crippen molar-refractivity contribution in [3.63, 3.8) is 0 Å². The molecule has 0 radical (unpaired) electrons. The molecular weight excluding hydrogens is 366 g/mol. The lowest BCUT2D eigenvalue weighted by Gasteiger charge is -2.50. The van der Waals surface area contributed by atoms with E-state index in [9.17, 15) is 5.11 Å². The van der Waals surface area contributed by atoms with Gasteiger partial charge in [-0.05, 0) is 132 Å². The molecule has 0 amide bonds. The molecule has 174 valence electrons. The van der Waals surface area contributed by atoms with E-state index < -0.39 is 0 Å². The van der Waals surface area contributed by atoms with Crippen LogP contribution in [0, 0.1) is 29.6 Å². The van der Waals surface area contributed by atoms with Gasteiger partial charge in [0.05, 0.1) is 6.10 Å². The zero-order valence-electron chi connectivity index (χ0n) is 20.4. The van der Waals surface area contributed by atoms with Crippen LogP contribution in [0.3, 0.4) is 0 Å². The van der Waals surface area contributed by atoms with Crippen molar-refractivity contribution in [2.24, 2.45) is 29.6 Å². The standard InChI is InChI=1S/C28H51NO/c1-20-4-11-25(12-5-20)29(27-13-6-21(2)22(3)18-27)26-14-7-23(8-15-26)19-24-9-16-28(30)17-10-24/h20-28,30H,4-19H2,1-3H3. The summed E-state index contributed by atoms with van der Waals surface area (Å²) in [6.45, 7) is 7.49. The molecule has 4 saturated carbocycles. The molecular formula is C28H51NO. The Morgan fingerprint density at radius 1 is 0.567 bits per heavy atom. The average molecular weight is 418 g/mol. The van der Waals surface area contributed by atoms with E-state index in [0.29, 0.717) is 0 Å². The number of rotatable bonds is 5. The Hall–Kier alpha value is -0.0800. The molecule has 0 saturated heterocycles. The lowest BCUT2D eigenvalue weighted by Crippen LogP contribution is -2.53. The molecule has 30 heavy (non-hydrogen) atoms. The first-order chi connectivity index (χ1) is 14.5. The Balaban J connectivity index is 1.34. The molecule has 4 fully saturated rings. The van der Waals surface area contributed by atoms with Crippen LogP contribution in [0.5, 0.6) is 0 Å². The van der Waals surface area contributed by atoms with E-state index in [1.807, 2.05) is 0 Å². The first-order valence-electron chi connectivity index (χ1n) is 13.9. The molecule has 0 aromatic rings. The summed E-state index contributed by atoms with van der Waals surface area (Å²) >= 11 is 0. The molecule has 4 rings (SSSR count). The van der Waals surface area contributed by atoms with E-state index >= 15 is 0 Å². The predicted molar refractivity (Wildman–Crippen MR) is 128 cm³/mol. The topological polar surface area (TPSA) is 23.5 Å². The van der Waals surface area contributed by atoms with Gasteiger partial charge in [-0.3, -0.25) is 4.90 Å². The number of hydrogen-bond acceptors (Lipinski definition) is 2. The maximum atomic E-state index is 9.82. The fourth-order valence-electron chi connectivity index (χ4n) is 7.76. The molecule has 2 heteroatoms. The monoisotopic (exact) mass is 417 g/mol. The maximum Gasteiger partial charge on any atom is 0.0540 e. The van der Waals surface area contributed by atoms with E-state index in [0.717, 1.165) is 60.6 Å². The third-order valence-corrected chi connectivity index (χ3v) is 10.1. The molecule has 0 heterocycles. The fraction of sp³-hybridized carbons (Fsp3) is 1.00. The van der Waals surface area contributed by atoms with Crippen LogP contribution in [0.4, 0.5) is 0 Å². The van der Waals surface area contributed by atoms with Crippen molar-refractivity contribution in [3.8, 4) is 0 Å². The molecule has 4 aliphatic rings. The minimum atomic E-state index is 0.00404. The van der Waals surface area contributed by atoms with Gasteiger partial charge in [-0.15, -0.1) is 0 Å². The van der Waals surface area contributed by atoms with Gasteiger partial charge in [-0.25, -0.2) is 0 Å². The van der Waals surface area contributed by atoms with Gasteiger partial charge in [0.2, 0.25) is 0 Å². The fourth-order valence-corrected chi connectivity index (χ4v) is 7.76. The van der Waals surface area contributed by atoms with E-state index in [2.05, 4.69) is 25.7 Å². The van der Waals surface area contributed by atoms with Crippen LogP contribution in [-0.4, -0.2) is 34.2 Å². The highest BCUT2D eigenvalue weighted by atomic mass is 16.3. The van der Waals surface area contributed by atoms with Gasteiger partial charge >= 0.3 is 0 Å². The SMILES string of the molecule is CC1CCC(N(C2CCC(CC3CCC(O)CC3)CC2)C2CCC(C)C(C)C2)CC1. The van der Waals surface area contributed by atoms with Gasteiger partial charge in [-0.2, -0.15) is 0 Å². The van der Waals surface area contributed by atoms with Crippen molar-refractivity contribution in [3.05, 3.63) is 0 Å². The third-order valence-electron chi connectivity index (χ3n) is 10.1. The van der Waals surface area contributed by atoms with Gasteiger partial charge in [0, 0.05) is 18.1 Å². The Morgan fingerprint density at radius 3 is 1.63 bits per heavy atom. The molecule has 1 N–H and O–H groups in total. The number of aliphatic hydroxyl groups excluding tert-OH is 1. The minimum absolute atomic E-state index is 0.00404. The summed E-state index contributed by atoms with van der Waals surface area (Å²) in [5.74, 6) is 4.68. The van der Waals surface area contributed by atoms with Crippen LogP contribution in [-0.2, 0) is 0 Å². The van der Waals surface area contributed by atoms with Gasteiger partial charge in [0.25, 0.3) is 0 Å². The van der Waals surface area contributed by atoms with Crippen LogP contribution in [0.15, 0.2) is 0 Å². The molecule has 3 atom stereocenters. The van der Waals surface area contributed by atoms with Crippen molar-refractivity contribution >= 4 is 0 Å². The van der Waals surface area contributed by atoms with Crippen molar-refractivity contribution in [1.82, 2.24) is 4.90 Å². The molecule has 4 aliphatic carbocycles. The zero-order chi connectivity index (χ0) is 21.1. The average Bonchev–Trinajstić information content (AvgIpc) is 2.75. The van der Waals surface area contributed by atoms with E-state index in [4.69, 9.17) is 0 Å². The lowest BCUT2D eigenvalue weighted by molar-refractivity contribution is -0.00636. The number of hydrogen-bond donors (Lipinski definition) is 1. The van der Waals surface area contributed by atoms with Crippen LogP contribution in [0.25, 0.3) is 0 Å². The predicted octanol–water partition coefficient (Wildman–Crippen LogP) is 7.19. The van der Waals surface area contributed by atoms with Crippen molar-refractivity contribution in [2.45, 2.75) is 148 Å². The molecule has 0 aliphatic heterocycles. The highest BCUT2D eigenvalue weighted by molar-refractivity contribution is 4.93. The maximum absolute atomic E-state index is 9.82. The van der Waals surface area contributed by atoms with Crippen LogP contribution < -0.4 is 0 Å². The van der Waals surface area contributed by atoms with E-state index in [1.54, 1.807) is 0 Å². The summed E-state index contributed by atoms with van der Waals surface area (Å²) in [5, 5.41) is 9.82. The largest absolute Gasteiger partial charge is 0.393 e. The summed E-state index contributed by atoms with van der Waals surface area (Å²) in [5.41, 5.74) is 0. The highest BCUT2D eigenvalue weighted by Crippen LogP contribution is 2.42. The van der Waals surface area contributed by atoms with Gasteiger partial charge in [-0.1, -0.05) is 20.8 Å². The Bertz CT molecular complexity index is 497. The lowest BCUT2D eigenvalue weighted by atomic mass is 9.73. The van der Waals surface area contributed by atoms with E-state index in [-0.39, 0.29) is 6.10 Å². The Labute approximate surface area is 187 Å². The quantitative estimate of drug-likeness (QED) is 0.511. The number of nitrogens with zero attached hydrogens (tertiary/aromatic N) is 1. The normalized spacial score (nSPS) is 46.1. The zero-order valence-corrected chi connectivity index (χ0v) is 20.4. The summed E-state index contributed by atoms with van der Waals surface area (Å²) in [4.78, 5) is 3.14. The van der Waals surface area contributed by atoms with Crippen molar-refractivity contribution in [2.75, 3.05) is 0 Å². The molecule has 0 spiro atoms. The highest BCUT2D eigenvalue weighted by Gasteiger charge is 2.39. The van der Waals surface area contributed by atoms with Crippen LogP contribution >= 0.6 is 0 Å². The Kier molecular flexibility index (Phi) is 8.23. The molecule has 0 bridgehead atoms. The van der Waals surface area contributed by atoms with Crippen LogP contribution in [0.1, 0.15) is 124 Å². The molecule has 2 nitrogen and oxygen atoms in total. The van der Waals surface area contributed by atoms with Crippen LogP contribution in [0.2, 0.25) is 0 Å². The third kappa shape index (κ3) is 5.83. The van der Waals surface area contributed by atoms with Crippen molar-refractivity contribution in [1.29, 1.82) is 0 Å². The second kappa shape index (κ2) is 10.7. The minimum Gasteiger partial charge on any atom is -0.393 e. The van der Waals surface area contributed by atoms with Crippen molar-refractivity contribution < 1.29 is 5.11 Å². The summed E-state index contributed by atoms with van der Waals surface area (Å²) < 4.78 is 0. The molecule has 3 unspecified atom stereocenters. The van der Waals surface area contributed by atoms with Gasteiger partial charge in [0.15, 0.2) is 0 Å². The Morgan fingerprint density at radius 2 is 1.07 bits per heavy atom. The number of aliphatic hydroxyl groups is 1. The molecule has 0 aromatic carbocycles. The smallest absolute Gasteiger partial charge is 0.0540 e.